The monoisotopic (exact) mass is 269 g/mol. The third-order valence-electron chi connectivity index (χ3n) is 3.43. The van der Waals surface area contributed by atoms with Gasteiger partial charge in [-0.15, -0.1) is 0 Å². The van der Waals surface area contributed by atoms with Gasteiger partial charge in [0, 0.05) is 0 Å². The molecule has 0 aromatic heterocycles. The Kier molecular flexibility index (Phi) is 4.37. The Morgan fingerprint density at radius 1 is 1.22 bits per heavy atom. The second kappa shape index (κ2) is 5.82. The van der Waals surface area contributed by atoms with Crippen LogP contribution >= 0.6 is 0 Å². The number of rotatable bonds is 5. The summed E-state index contributed by atoms with van der Waals surface area (Å²) in [5.41, 5.74) is 0.793. The highest BCUT2D eigenvalue weighted by molar-refractivity contribution is 7.90. The van der Waals surface area contributed by atoms with E-state index in [0.29, 0.717) is 0 Å². The second-order valence-corrected chi connectivity index (χ2v) is 6.71. The molecule has 4 nitrogen and oxygen atoms in total. The van der Waals surface area contributed by atoms with E-state index >= 15 is 0 Å². The van der Waals surface area contributed by atoms with E-state index < -0.39 is 16.1 Å². The predicted molar refractivity (Wildman–Crippen MR) is 70.6 cm³/mol. The Balaban J connectivity index is 2.11. The molecule has 1 atom stereocenters. The van der Waals surface area contributed by atoms with Crippen molar-refractivity contribution in [2.24, 2.45) is 0 Å². The molecule has 1 aliphatic rings. The van der Waals surface area contributed by atoms with Crippen LogP contribution in [-0.4, -0.2) is 25.4 Å². The Morgan fingerprint density at radius 3 is 2.39 bits per heavy atom. The zero-order valence-corrected chi connectivity index (χ0v) is 11.1. The van der Waals surface area contributed by atoms with Crippen molar-refractivity contribution in [2.45, 2.75) is 37.0 Å². The average Bonchev–Trinajstić information content (AvgIpc) is 2.92. The maximum atomic E-state index is 12.2. The van der Waals surface area contributed by atoms with Crippen molar-refractivity contribution >= 4 is 10.0 Å². The van der Waals surface area contributed by atoms with Crippen molar-refractivity contribution in [1.82, 2.24) is 4.72 Å². The summed E-state index contributed by atoms with van der Waals surface area (Å²) in [5.74, 6) is 0. The van der Waals surface area contributed by atoms with Crippen LogP contribution in [0.25, 0.3) is 0 Å². The summed E-state index contributed by atoms with van der Waals surface area (Å²) in [6.45, 7) is -0.226. The van der Waals surface area contributed by atoms with Gasteiger partial charge in [0.05, 0.1) is 17.9 Å². The predicted octanol–water partition coefficient (Wildman–Crippen LogP) is 1.58. The molecule has 0 unspecified atom stereocenters. The fraction of sp³-hybridized carbons (Fsp3) is 0.538. The molecule has 1 fully saturated rings. The van der Waals surface area contributed by atoms with E-state index in [-0.39, 0.29) is 11.9 Å². The molecule has 2 N–H and O–H groups in total. The summed E-state index contributed by atoms with van der Waals surface area (Å²) in [4.78, 5) is 0. The molecule has 18 heavy (non-hydrogen) atoms. The Bertz CT molecular complexity index is 466. The molecule has 1 saturated carbocycles. The van der Waals surface area contributed by atoms with Gasteiger partial charge in [0.15, 0.2) is 0 Å². The summed E-state index contributed by atoms with van der Waals surface area (Å²) < 4.78 is 26.9. The van der Waals surface area contributed by atoms with E-state index in [2.05, 4.69) is 4.72 Å². The van der Waals surface area contributed by atoms with Crippen LogP contribution in [0.5, 0.6) is 0 Å². The zero-order valence-electron chi connectivity index (χ0n) is 10.2. The van der Waals surface area contributed by atoms with Crippen molar-refractivity contribution in [3.63, 3.8) is 0 Å². The Morgan fingerprint density at radius 2 is 1.83 bits per heavy atom. The molecular formula is C13H19NO3S. The number of aliphatic hydroxyl groups excluding tert-OH is 1. The van der Waals surface area contributed by atoms with Gasteiger partial charge in [0.25, 0.3) is 0 Å². The number of hydrogen-bond donors (Lipinski definition) is 2. The number of aliphatic hydroxyl groups is 1. The smallest absolute Gasteiger partial charge is 0.215 e. The molecule has 0 aliphatic heterocycles. The third-order valence-corrected chi connectivity index (χ3v) is 5.39. The topological polar surface area (TPSA) is 66.4 Å². The molecule has 2 rings (SSSR count). The van der Waals surface area contributed by atoms with Crippen LogP contribution in [0.15, 0.2) is 30.3 Å². The molecule has 0 bridgehead atoms. The highest BCUT2D eigenvalue weighted by atomic mass is 32.2. The van der Waals surface area contributed by atoms with Crippen LogP contribution < -0.4 is 4.72 Å². The molecule has 5 heteroatoms. The van der Waals surface area contributed by atoms with Crippen LogP contribution in [0, 0.1) is 0 Å². The molecule has 0 spiro atoms. The van der Waals surface area contributed by atoms with Crippen molar-refractivity contribution in [1.29, 1.82) is 0 Å². The van der Waals surface area contributed by atoms with Gasteiger partial charge < -0.3 is 5.11 Å². The minimum absolute atomic E-state index is 0.226. The van der Waals surface area contributed by atoms with Gasteiger partial charge in [-0.1, -0.05) is 43.2 Å². The van der Waals surface area contributed by atoms with Gasteiger partial charge >= 0.3 is 0 Å². The standard InChI is InChI=1S/C13H19NO3S/c15-10-13(11-6-2-1-3-7-11)14-18(16,17)12-8-4-5-9-12/h1-3,6-7,12-15H,4-5,8-10H2/t13-/m1/s1. The van der Waals surface area contributed by atoms with E-state index in [4.69, 9.17) is 0 Å². The lowest BCUT2D eigenvalue weighted by atomic mass is 10.1. The lowest BCUT2D eigenvalue weighted by Crippen LogP contribution is -2.37. The normalized spacial score (nSPS) is 18.9. The summed E-state index contributed by atoms with van der Waals surface area (Å²) in [6, 6.07) is 8.63. The van der Waals surface area contributed by atoms with Gasteiger partial charge in [-0.25, -0.2) is 13.1 Å². The first-order chi connectivity index (χ1) is 8.63. The maximum Gasteiger partial charge on any atom is 0.215 e. The maximum absolute atomic E-state index is 12.2. The highest BCUT2D eigenvalue weighted by Crippen LogP contribution is 2.25. The fourth-order valence-corrected chi connectivity index (χ4v) is 4.14. The third kappa shape index (κ3) is 3.10. The molecule has 1 aliphatic carbocycles. The molecule has 0 amide bonds. The molecule has 0 saturated heterocycles. The first-order valence-corrected chi connectivity index (χ1v) is 7.85. The van der Waals surface area contributed by atoms with Crippen molar-refractivity contribution in [2.75, 3.05) is 6.61 Å². The summed E-state index contributed by atoms with van der Waals surface area (Å²) in [6.07, 6.45) is 3.39. The molecule has 1 aromatic rings. The van der Waals surface area contributed by atoms with Gasteiger partial charge in [0.2, 0.25) is 10.0 Å². The van der Waals surface area contributed by atoms with E-state index in [0.717, 1.165) is 31.2 Å². The van der Waals surface area contributed by atoms with E-state index in [1.165, 1.54) is 0 Å². The van der Waals surface area contributed by atoms with Crippen molar-refractivity contribution < 1.29 is 13.5 Å². The summed E-state index contributed by atoms with van der Waals surface area (Å²) >= 11 is 0. The molecule has 1 aromatic carbocycles. The summed E-state index contributed by atoms with van der Waals surface area (Å²) in [5, 5.41) is 9.06. The van der Waals surface area contributed by atoms with Crippen LogP contribution in [0.4, 0.5) is 0 Å². The van der Waals surface area contributed by atoms with Crippen molar-refractivity contribution in [3.05, 3.63) is 35.9 Å². The number of sulfonamides is 1. The summed E-state index contributed by atoms with van der Waals surface area (Å²) in [7, 11) is -3.33. The van der Waals surface area contributed by atoms with Gasteiger partial charge in [-0.3, -0.25) is 0 Å². The highest BCUT2D eigenvalue weighted by Gasteiger charge is 2.30. The molecule has 0 radical (unpaired) electrons. The fourth-order valence-electron chi connectivity index (χ4n) is 2.39. The number of nitrogens with one attached hydrogen (secondary N) is 1. The quantitative estimate of drug-likeness (QED) is 0.853. The van der Waals surface area contributed by atoms with E-state index in [1.54, 1.807) is 0 Å². The number of benzene rings is 1. The largest absolute Gasteiger partial charge is 0.394 e. The lowest BCUT2D eigenvalue weighted by molar-refractivity contribution is 0.258. The molecule has 0 heterocycles. The van der Waals surface area contributed by atoms with Gasteiger partial charge in [0.1, 0.15) is 0 Å². The van der Waals surface area contributed by atoms with Crippen LogP contribution in [0.3, 0.4) is 0 Å². The van der Waals surface area contributed by atoms with Gasteiger partial charge in [-0.05, 0) is 18.4 Å². The lowest BCUT2D eigenvalue weighted by Gasteiger charge is -2.19. The van der Waals surface area contributed by atoms with Crippen LogP contribution in [-0.2, 0) is 10.0 Å². The zero-order chi connectivity index (χ0) is 13.0. The number of hydrogen-bond acceptors (Lipinski definition) is 3. The van der Waals surface area contributed by atoms with E-state index in [1.807, 2.05) is 30.3 Å². The van der Waals surface area contributed by atoms with E-state index in [9.17, 15) is 13.5 Å². The Labute approximate surface area is 108 Å². The Hall–Kier alpha value is -0.910. The second-order valence-electron chi connectivity index (χ2n) is 4.72. The molecular weight excluding hydrogens is 250 g/mol. The van der Waals surface area contributed by atoms with Crippen LogP contribution in [0.2, 0.25) is 0 Å². The first kappa shape index (κ1) is 13.5. The SMILES string of the molecule is O=S(=O)(N[C@H](CO)c1ccccc1)C1CCCC1. The minimum Gasteiger partial charge on any atom is -0.394 e. The van der Waals surface area contributed by atoms with Crippen LogP contribution in [0.1, 0.15) is 37.3 Å². The minimum atomic E-state index is -3.33. The van der Waals surface area contributed by atoms with Gasteiger partial charge in [-0.2, -0.15) is 0 Å². The average molecular weight is 269 g/mol. The van der Waals surface area contributed by atoms with Crippen molar-refractivity contribution in [3.8, 4) is 0 Å². The molecule has 100 valence electrons. The first-order valence-electron chi connectivity index (χ1n) is 6.30.